The lowest BCUT2D eigenvalue weighted by molar-refractivity contribution is -0.164. The number of nitrogens with zero attached hydrogens (tertiary/aromatic N) is 1. The minimum absolute atomic E-state index is 0.0992. The Morgan fingerprint density at radius 3 is 2.03 bits per heavy atom. The molecule has 0 heterocycles. The van der Waals surface area contributed by atoms with Gasteiger partial charge >= 0.3 is 18.0 Å². The first-order valence-electron chi connectivity index (χ1n) is 11.3. The monoisotopic (exact) mass is 482 g/mol. The van der Waals surface area contributed by atoms with E-state index in [1.165, 1.54) is 14.0 Å². The Bertz CT molecular complexity index is 1050. The molecule has 0 aromatic heterocycles. The zero-order chi connectivity index (χ0) is 25.5. The molecular weight excluding hydrogens is 452 g/mol. The van der Waals surface area contributed by atoms with Gasteiger partial charge in [-0.05, 0) is 28.2 Å². The third-order valence-corrected chi connectivity index (χ3v) is 5.86. The van der Waals surface area contributed by atoms with E-state index in [1.54, 1.807) is 13.8 Å². The Kier molecular flexibility index (Phi) is 8.46. The number of benzene rings is 2. The van der Waals surface area contributed by atoms with Crippen molar-refractivity contribution in [3.8, 4) is 11.1 Å². The van der Waals surface area contributed by atoms with E-state index in [4.69, 9.17) is 14.2 Å². The molecule has 9 heteroatoms. The van der Waals surface area contributed by atoms with Crippen LogP contribution in [-0.4, -0.2) is 61.9 Å². The van der Waals surface area contributed by atoms with E-state index in [2.05, 4.69) is 5.32 Å². The summed E-state index contributed by atoms with van der Waals surface area (Å²) in [5.41, 5.74) is 4.36. The lowest BCUT2D eigenvalue weighted by atomic mass is 9.98. The number of carbonyl (C=O) groups is 4. The molecule has 2 amide bonds. The van der Waals surface area contributed by atoms with Crippen molar-refractivity contribution >= 4 is 23.9 Å². The number of methoxy groups -OCH3 is 1. The van der Waals surface area contributed by atoms with Gasteiger partial charge in [-0.15, -0.1) is 0 Å². The summed E-state index contributed by atoms with van der Waals surface area (Å²) in [6, 6.07) is 14.9. The average molecular weight is 483 g/mol. The van der Waals surface area contributed by atoms with Crippen LogP contribution in [0.2, 0.25) is 0 Å². The van der Waals surface area contributed by atoms with Crippen LogP contribution in [-0.2, 0) is 28.6 Å². The molecule has 0 fully saturated rings. The predicted octanol–water partition coefficient (Wildman–Crippen LogP) is 3.07. The fraction of sp³-hybridized carbons (Fsp3) is 0.385. The number of ether oxygens (including phenoxy) is 3. The summed E-state index contributed by atoms with van der Waals surface area (Å²) in [6.07, 6.45) is -0.771. The van der Waals surface area contributed by atoms with Crippen molar-refractivity contribution in [1.82, 2.24) is 10.2 Å². The maximum atomic E-state index is 12.9. The van der Waals surface area contributed by atoms with Gasteiger partial charge in [0.2, 0.25) is 5.91 Å². The molecule has 0 saturated carbocycles. The summed E-state index contributed by atoms with van der Waals surface area (Å²) in [5, 5.41) is 2.43. The van der Waals surface area contributed by atoms with E-state index in [1.807, 2.05) is 48.5 Å². The summed E-state index contributed by atoms with van der Waals surface area (Å²) < 4.78 is 15.2. The second kappa shape index (κ2) is 11.5. The summed E-state index contributed by atoms with van der Waals surface area (Å²) >= 11 is 0. The molecule has 1 N–H and O–H groups in total. The second-order valence-electron chi connectivity index (χ2n) is 8.52. The number of amides is 2. The molecule has 1 atom stereocenters. The summed E-state index contributed by atoms with van der Waals surface area (Å²) in [5.74, 6) is -2.32. The van der Waals surface area contributed by atoms with Crippen molar-refractivity contribution in [2.45, 2.75) is 32.7 Å². The Labute approximate surface area is 204 Å². The second-order valence-corrected chi connectivity index (χ2v) is 8.52. The number of carbonyl (C=O) groups excluding carboxylic acids is 4. The zero-order valence-electron chi connectivity index (χ0n) is 20.3. The van der Waals surface area contributed by atoms with Gasteiger partial charge in [0.15, 0.2) is 6.73 Å². The highest BCUT2D eigenvalue weighted by atomic mass is 16.6. The molecule has 0 radical (unpaired) electrons. The number of esters is 2. The summed E-state index contributed by atoms with van der Waals surface area (Å²) in [7, 11) is 1.21. The Hall–Kier alpha value is -3.88. The molecule has 0 aliphatic heterocycles. The zero-order valence-corrected chi connectivity index (χ0v) is 20.3. The topological polar surface area (TPSA) is 111 Å². The summed E-state index contributed by atoms with van der Waals surface area (Å²) in [4.78, 5) is 49.9. The molecule has 2 aromatic carbocycles. The fourth-order valence-corrected chi connectivity index (χ4v) is 4.25. The fourth-order valence-electron chi connectivity index (χ4n) is 4.25. The Balaban J connectivity index is 1.63. The van der Waals surface area contributed by atoms with Crippen molar-refractivity contribution in [1.29, 1.82) is 0 Å². The van der Waals surface area contributed by atoms with Crippen LogP contribution < -0.4 is 5.32 Å². The molecule has 3 rings (SSSR count). The molecule has 0 saturated heterocycles. The number of rotatable bonds is 9. The Morgan fingerprint density at radius 1 is 0.943 bits per heavy atom. The smallest absolute Gasteiger partial charge is 0.407 e. The van der Waals surface area contributed by atoms with Crippen molar-refractivity contribution in [2.75, 3.05) is 27.0 Å². The van der Waals surface area contributed by atoms with E-state index in [-0.39, 0.29) is 18.4 Å². The van der Waals surface area contributed by atoms with Gasteiger partial charge in [0.05, 0.1) is 7.11 Å². The van der Waals surface area contributed by atoms with Crippen molar-refractivity contribution in [3.05, 3.63) is 59.7 Å². The number of hydrogen-bond acceptors (Lipinski definition) is 7. The maximum Gasteiger partial charge on any atom is 0.407 e. The van der Waals surface area contributed by atoms with Crippen LogP contribution in [0.15, 0.2) is 48.5 Å². The van der Waals surface area contributed by atoms with Gasteiger partial charge in [-0.1, -0.05) is 62.4 Å². The predicted molar refractivity (Wildman–Crippen MR) is 127 cm³/mol. The van der Waals surface area contributed by atoms with Gasteiger partial charge in [0.25, 0.3) is 0 Å². The van der Waals surface area contributed by atoms with Crippen molar-refractivity contribution in [2.24, 2.45) is 5.92 Å². The van der Waals surface area contributed by atoms with E-state index >= 15 is 0 Å². The highest BCUT2D eigenvalue weighted by Gasteiger charge is 2.34. The molecule has 1 aliphatic rings. The van der Waals surface area contributed by atoms with Gasteiger partial charge in [-0.3, -0.25) is 14.5 Å². The highest BCUT2D eigenvalue weighted by Crippen LogP contribution is 2.44. The van der Waals surface area contributed by atoms with E-state index in [0.29, 0.717) is 0 Å². The molecule has 2 aromatic rings. The van der Waals surface area contributed by atoms with Crippen LogP contribution in [0, 0.1) is 5.92 Å². The van der Waals surface area contributed by atoms with Crippen molar-refractivity contribution < 1.29 is 33.4 Å². The first-order valence-corrected chi connectivity index (χ1v) is 11.3. The molecule has 0 spiro atoms. The van der Waals surface area contributed by atoms with Crippen LogP contribution in [0.4, 0.5) is 4.79 Å². The van der Waals surface area contributed by atoms with Crippen LogP contribution >= 0.6 is 0 Å². The van der Waals surface area contributed by atoms with Gasteiger partial charge < -0.3 is 19.5 Å². The largest absolute Gasteiger partial charge is 0.467 e. The molecule has 9 nitrogen and oxygen atoms in total. The standard InChI is InChI=1S/C26H30N2O7/c1-16(2)24(25(31)33-4)28(15-35-17(3)29)23(30)13-27-26(32)34-14-22-20-11-7-5-9-18(20)19-10-6-8-12-21(19)22/h5-12,16,22,24H,13-15H2,1-4H3,(H,27,32)/t24-/m0/s1. The molecule has 0 bridgehead atoms. The molecular formula is C26H30N2O7. The average Bonchev–Trinajstić information content (AvgIpc) is 3.16. The molecule has 1 aliphatic carbocycles. The van der Waals surface area contributed by atoms with Crippen LogP contribution in [0.1, 0.15) is 37.8 Å². The van der Waals surface area contributed by atoms with Gasteiger partial charge in [-0.25, -0.2) is 9.59 Å². The SMILES string of the molecule is COC(=O)[C@H](C(C)C)N(COC(C)=O)C(=O)CNC(=O)OCC1c2ccccc2-c2ccccc21. The highest BCUT2D eigenvalue weighted by molar-refractivity contribution is 5.87. The minimum atomic E-state index is -0.990. The van der Waals surface area contributed by atoms with Crippen molar-refractivity contribution in [3.63, 3.8) is 0 Å². The Morgan fingerprint density at radius 2 is 1.51 bits per heavy atom. The number of alkyl carbamates (subject to hydrolysis) is 1. The van der Waals surface area contributed by atoms with E-state index in [9.17, 15) is 19.2 Å². The normalized spacial score (nSPS) is 12.8. The summed E-state index contributed by atoms with van der Waals surface area (Å²) in [6.45, 7) is 3.86. The van der Waals surface area contributed by atoms with Gasteiger partial charge in [-0.2, -0.15) is 0 Å². The number of nitrogens with one attached hydrogen (secondary N) is 1. The third kappa shape index (κ3) is 5.98. The van der Waals surface area contributed by atoms with Crippen LogP contribution in [0.5, 0.6) is 0 Å². The number of hydrogen-bond donors (Lipinski definition) is 1. The molecule has 186 valence electrons. The minimum Gasteiger partial charge on any atom is -0.467 e. The third-order valence-electron chi connectivity index (χ3n) is 5.86. The van der Waals surface area contributed by atoms with E-state index < -0.39 is 43.3 Å². The molecule has 35 heavy (non-hydrogen) atoms. The van der Waals surface area contributed by atoms with Gasteiger partial charge in [0, 0.05) is 12.8 Å². The van der Waals surface area contributed by atoms with Gasteiger partial charge in [0.1, 0.15) is 19.2 Å². The maximum absolute atomic E-state index is 12.9. The quantitative estimate of drug-likeness (QED) is 0.332. The van der Waals surface area contributed by atoms with Crippen LogP contribution in [0.3, 0.4) is 0 Å². The lowest BCUT2D eigenvalue weighted by Crippen LogP contribution is -2.52. The van der Waals surface area contributed by atoms with Crippen LogP contribution in [0.25, 0.3) is 11.1 Å². The first-order chi connectivity index (χ1) is 16.7. The molecule has 0 unspecified atom stereocenters. The first kappa shape index (κ1) is 25.7. The lowest BCUT2D eigenvalue weighted by Gasteiger charge is -2.31. The number of fused-ring (bicyclic) bond motifs is 3. The van der Waals surface area contributed by atoms with E-state index in [0.717, 1.165) is 27.2 Å².